The fourth-order valence-electron chi connectivity index (χ4n) is 3.01. The van der Waals surface area contributed by atoms with E-state index in [0.717, 1.165) is 11.3 Å². The van der Waals surface area contributed by atoms with Crippen molar-refractivity contribution in [1.29, 1.82) is 0 Å². The van der Waals surface area contributed by atoms with Crippen LogP contribution in [-0.2, 0) is 17.9 Å². The van der Waals surface area contributed by atoms with Crippen LogP contribution in [0.25, 0.3) is 11.3 Å². The third-order valence-electron chi connectivity index (χ3n) is 4.45. The number of carbonyl (C=O) groups excluding carboxylic acids is 1. The van der Waals surface area contributed by atoms with Crippen LogP contribution in [0.3, 0.4) is 0 Å². The number of rotatable bonds is 9. The highest BCUT2D eigenvalue weighted by Crippen LogP contribution is 2.33. The summed E-state index contributed by atoms with van der Waals surface area (Å²) >= 11 is 0. The van der Waals surface area contributed by atoms with Crippen molar-refractivity contribution in [2.45, 2.75) is 33.4 Å². The molecule has 0 aliphatic heterocycles. The van der Waals surface area contributed by atoms with Crippen LogP contribution < -0.4 is 9.47 Å². The number of furan rings is 1. The van der Waals surface area contributed by atoms with Gasteiger partial charge in [-0.15, -0.1) is 0 Å². The summed E-state index contributed by atoms with van der Waals surface area (Å²) < 4.78 is 21.6. The molecule has 0 radical (unpaired) electrons. The van der Waals surface area contributed by atoms with Gasteiger partial charge in [-0.3, -0.25) is 4.79 Å². The number of carbonyl (C=O) groups is 1. The first-order valence-corrected chi connectivity index (χ1v) is 9.48. The zero-order valence-electron chi connectivity index (χ0n) is 17.2. The molecule has 0 aliphatic carbocycles. The summed E-state index contributed by atoms with van der Waals surface area (Å²) in [7, 11) is 3.19. The Labute approximate surface area is 170 Å². The highest BCUT2D eigenvalue weighted by molar-refractivity contribution is 5.76. The number of hydrogen-bond acceptors (Lipinski definition) is 6. The molecule has 0 spiro atoms. The summed E-state index contributed by atoms with van der Waals surface area (Å²) in [6, 6.07) is 11.0. The Morgan fingerprint density at radius 1 is 1.14 bits per heavy atom. The summed E-state index contributed by atoms with van der Waals surface area (Å²) in [5.74, 6) is 2.90. The van der Waals surface area contributed by atoms with E-state index in [0.29, 0.717) is 42.5 Å². The van der Waals surface area contributed by atoms with Gasteiger partial charge in [-0.2, -0.15) is 0 Å². The van der Waals surface area contributed by atoms with Gasteiger partial charge in [0, 0.05) is 18.6 Å². The topological polar surface area (TPSA) is 77.9 Å². The molecule has 1 aromatic carbocycles. The normalized spacial score (nSPS) is 10.9. The van der Waals surface area contributed by atoms with E-state index in [-0.39, 0.29) is 11.8 Å². The van der Waals surface area contributed by atoms with Gasteiger partial charge in [0.2, 0.25) is 5.91 Å². The van der Waals surface area contributed by atoms with Crippen molar-refractivity contribution in [3.63, 3.8) is 0 Å². The lowest BCUT2D eigenvalue weighted by atomic mass is 10.1. The summed E-state index contributed by atoms with van der Waals surface area (Å²) in [6.45, 7) is 4.75. The molecule has 7 nitrogen and oxygen atoms in total. The minimum atomic E-state index is 0.0444. The van der Waals surface area contributed by atoms with Crippen LogP contribution in [0.5, 0.6) is 11.5 Å². The van der Waals surface area contributed by atoms with Gasteiger partial charge >= 0.3 is 0 Å². The first-order valence-electron chi connectivity index (χ1n) is 9.48. The van der Waals surface area contributed by atoms with Crippen LogP contribution in [0.1, 0.15) is 31.7 Å². The molecule has 1 amide bonds. The predicted molar refractivity (Wildman–Crippen MR) is 107 cm³/mol. The molecule has 0 saturated heterocycles. The maximum Gasteiger partial charge on any atom is 0.223 e. The molecular weight excluding hydrogens is 372 g/mol. The maximum atomic E-state index is 12.7. The van der Waals surface area contributed by atoms with Crippen LogP contribution in [0, 0.1) is 5.92 Å². The zero-order valence-corrected chi connectivity index (χ0v) is 17.2. The van der Waals surface area contributed by atoms with Crippen molar-refractivity contribution in [1.82, 2.24) is 10.1 Å². The Hall–Kier alpha value is -3.22. The van der Waals surface area contributed by atoms with Crippen molar-refractivity contribution < 1.29 is 23.2 Å². The monoisotopic (exact) mass is 398 g/mol. The first-order chi connectivity index (χ1) is 14.0. The molecule has 3 rings (SSSR count). The fourth-order valence-corrected chi connectivity index (χ4v) is 3.01. The second kappa shape index (κ2) is 9.32. The molecule has 154 valence electrons. The standard InChI is InChI=1S/C22H26N2O5/c1-15(2)10-22(25)24(14-18-6-5-9-28-18)13-16-11-21(29-23-16)19-8-7-17(26-3)12-20(19)27-4/h5-9,11-12,15H,10,13-14H2,1-4H3. The minimum Gasteiger partial charge on any atom is -0.497 e. The number of benzene rings is 1. The average molecular weight is 398 g/mol. The number of aromatic nitrogens is 1. The molecule has 0 N–H and O–H groups in total. The number of nitrogens with zero attached hydrogens (tertiary/aromatic N) is 2. The van der Waals surface area contributed by atoms with Gasteiger partial charge in [-0.05, 0) is 30.2 Å². The molecule has 0 saturated carbocycles. The molecule has 0 aliphatic rings. The number of hydrogen-bond donors (Lipinski definition) is 0. The van der Waals surface area contributed by atoms with E-state index in [2.05, 4.69) is 5.16 Å². The van der Waals surface area contributed by atoms with Crippen LogP contribution in [0.2, 0.25) is 0 Å². The van der Waals surface area contributed by atoms with E-state index in [9.17, 15) is 4.79 Å². The third-order valence-corrected chi connectivity index (χ3v) is 4.45. The Kier molecular flexibility index (Phi) is 6.59. The highest BCUT2D eigenvalue weighted by atomic mass is 16.5. The lowest BCUT2D eigenvalue weighted by Crippen LogP contribution is -2.30. The quantitative estimate of drug-likeness (QED) is 0.527. The number of amides is 1. The molecule has 2 heterocycles. The molecule has 0 unspecified atom stereocenters. The second-order valence-corrected chi connectivity index (χ2v) is 7.18. The highest BCUT2D eigenvalue weighted by Gasteiger charge is 2.20. The molecule has 0 atom stereocenters. The molecule has 3 aromatic rings. The maximum absolute atomic E-state index is 12.7. The van der Waals surface area contributed by atoms with Gasteiger partial charge in [0.05, 0.1) is 39.1 Å². The molecule has 29 heavy (non-hydrogen) atoms. The van der Waals surface area contributed by atoms with Gasteiger partial charge < -0.3 is 23.3 Å². The van der Waals surface area contributed by atoms with Crippen molar-refractivity contribution in [3.8, 4) is 22.8 Å². The zero-order chi connectivity index (χ0) is 20.8. The van der Waals surface area contributed by atoms with Crippen molar-refractivity contribution in [3.05, 3.63) is 54.1 Å². The predicted octanol–water partition coefficient (Wildman–Crippen LogP) is 4.53. The molecule has 0 fully saturated rings. The van der Waals surface area contributed by atoms with Gasteiger partial charge in [0.15, 0.2) is 5.76 Å². The van der Waals surface area contributed by atoms with Crippen LogP contribution in [-0.4, -0.2) is 30.2 Å². The van der Waals surface area contributed by atoms with Crippen molar-refractivity contribution in [2.75, 3.05) is 14.2 Å². The SMILES string of the molecule is COc1ccc(-c2cc(CN(Cc3ccco3)C(=O)CC(C)C)no2)c(OC)c1. The summed E-state index contributed by atoms with van der Waals surface area (Å²) in [5, 5.41) is 4.15. The van der Waals surface area contributed by atoms with E-state index in [1.54, 1.807) is 31.4 Å². The fraction of sp³-hybridized carbons (Fsp3) is 0.364. The molecule has 2 aromatic heterocycles. The van der Waals surface area contributed by atoms with Crippen LogP contribution in [0.15, 0.2) is 51.6 Å². The number of ether oxygens (including phenoxy) is 2. The Balaban J connectivity index is 1.81. The van der Waals surface area contributed by atoms with E-state index >= 15 is 0 Å². The van der Waals surface area contributed by atoms with Gasteiger partial charge in [-0.25, -0.2) is 0 Å². The van der Waals surface area contributed by atoms with Crippen LogP contribution in [0.4, 0.5) is 0 Å². The number of methoxy groups -OCH3 is 2. The first kappa shape index (κ1) is 20.5. The Morgan fingerprint density at radius 3 is 2.62 bits per heavy atom. The Morgan fingerprint density at radius 2 is 1.97 bits per heavy atom. The average Bonchev–Trinajstić information content (AvgIpc) is 3.38. The van der Waals surface area contributed by atoms with E-state index in [1.165, 1.54) is 0 Å². The summed E-state index contributed by atoms with van der Waals surface area (Å²) in [4.78, 5) is 14.5. The largest absolute Gasteiger partial charge is 0.497 e. The Bertz CT molecular complexity index is 931. The third kappa shape index (κ3) is 5.19. The smallest absolute Gasteiger partial charge is 0.223 e. The molecular formula is C22H26N2O5. The molecule has 0 bridgehead atoms. The van der Waals surface area contributed by atoms with E-state index < -0.39 is 0 Å². The summed E-state index contributed by atoms with van der Waals surface area (Å²) in [5.41, 5.74) is 1.42. The van der Waals surface area contributed by atoms with Crippen molar-refractivity contribution >= 4 is 5.91 Å². The van der Waals surface area contributed by atoms with Gasteiger partial charge in [0.1, 0.15) is 23.0 Å². The van der Waals surface area contributed by atoms with Crippen LogP contribution >= 0.6 is 0 Å². The molecule has 7 heteroatoms. The van der Waals surface area contributed by atoms with Crippen molar-refractivity contribution in [2.24, 2.45) is 5.92 Å². The van der Waals surface area contributed by atoms with Gasteiger partial charge in [-0.1, -0.05) is 19.0 Å². The second-order valence-electron chi connectivity index (χ2n) is 7.18. The minimum absolute atomic E-state index is 0.0444. The van der Waals surface area contributed by atoms with Gasteiger partial charge in [0.25, 0.3) is 0 Å². The van der Waals surface area contributed by atoms with E-state index in [1.807, 2.05) is 44.2 Å². The lowest BCUT2D eigenvalue weighted by molar-refractivity contribution is -0.133. The lowest BCUT2D eigenvalue weighted by Gasteiger charge is -2.21. The van der Waals surface area contributed by atoms with E-state index in [4.69, 9.17) is 18.4 Å². The summed E-state index contributed by atoms with van der Waals surface area (Å²) in [6.07, 6.45) is 2.06.